The zero-order valence-corrected chi connectivity index (χ0v) is 18.4. The van der Waals surface area contributed by atoms with Crippen molar-refractivity contribution >= 4 is 17.3 Å². The number of likely N-dealkylation sites (N-methyl/N-ethyl adjacent to an activating group) is 1. The molecule has 0 aromatic heterocycles. The van der Waals surface area contributed by atoms with Gasteiger partial charge in [0.05, 0.1) is 12.3 Å². The van der Waals surface area contributed by atoms with Crippen molar-refractivity contribution < 1.29 is 13.9 Å². The molecule has 2 aromatic rings. The van der Waals surface area contributed by atoms with Crippen LogP contribution in [0.3, 0.4) is 0 Å². The van der Waals surface area contributed by atoms with E-state index in [0.29, 0.717) is 29.6 Å². The Morgan fingerprint density at radius 1 is 1.17 bits per heavy atom. The number of nitrogens with zero attached hydrogens (tertiary/aromatic N) is 3. The van der Waals surface area contributed by atoms with Gasteiger partial charge in [-0.1, -0.05) is 19.1 Å². The first-order valence-electron chi connectivity index (χ1n) is 10.6. The van der Waals surface area contributed by atoms with E-state index in [1.165, 1.54) is 11.0 Å². The van der Waals surface area contributed by atoms with Crippen LogP contribution in [-0.4, -0.2) is 57.7 Å². The maximum Gasteiger partial charge on any atom is 0.258 e. The van der Waals surface area contributed by atoms with Crippen LogP contribution in [0.4, 0.5) is 15.8 Å². The smallest absolute Gasteiger partial charge is 0.258 e. The molecule has 6 heteroatoms. The molecule has 1 aliphatic rings. The van der Waals surface area contributed by atoms with Gasteiger partial charge in [-0.3, -0.25) is 4.79 Å². The zero-order valence-electron chi connectivity index (χ0n) is 18.4. The summed E-state index contributed by atoms with van der Waals surface area (Å²) in [6, 6.07) is 12.9. The maximum absolute atomic E-state index is 14.8. The van der Waals surface area contributed by atoms with Crippen LogP contribution < -0.4 is 9.80 Å². The molecule has 162 valence electrons. The van der Waals surface area contributed by atoms with Crippen LogP contribution >= 0.6 is 0 Å². The van der Waals surface area contributed by atoms with Gasteiger partial charge in [0.1, 0.15) is 5.82 Å². The number of carbonyl (C=O) groups excluding carboxylic acids is 1. The van der Waals surface area contributed by atoms with Crippen molar-refractivity contribution in [1.29, 1.82) is 0 Å². The highest BCUT2D eigenvalue weighted by molar-refractivity contribution is 6.05. The molecule has 1 heterocycles. The highest BCUT2D eigenvalue weighted by atomic mass is 19.1. The second kappa shape index (κ2) is 10.0. The van der Waals surface area contributed by atoms with Crippen LogP contribution in [0.1, 0.15) is 35.7 Å². The highest BCUT2D eigenvalue weighted by Crippen LogP contribution is 2.28. The fourth-order valence-corrected chi connectivity index (χ4v) is 3.73. The molecule has 1 aliphatic heterocycles. The largest absolute Gasteiger partial charge is 0.377 e. The van der Waals surface area contributed by atoms with Crippen molar-refractivity contribution in [1.82, 2.24) is 4.90 Å². The molecule has 1 saturated heterocycles. The Balaban J connectivity index is 1.67. The first kappa shape index (κ1) is 22.2. The summed E-state index contributed by atoms with van der Waals surface area (Å²) in [7, 11) is 5.78. The number of carbonyl (C=O) groups is 1. The lowest BCUT2D eigenvalue weighted by atomic mass is 10.1. The van der Waals surface area contributed by atoms with E-state index >= 15 is 0 Å². The molecule has 0 N–H and O–H groups in total. The summed E-state index contributed by atoms with van der Waals surface area (Å²) in [6.45, 7) is 4.97. The Morgan fingerprint density at radius 2 is 1.90 bits per heavy atom. The third-order valence-corrected chi connectivity index (χ3v) is 5.68. The van der Waals surface area contributed by atoms with E-state index in [2.05, 4.69) is 30.8 Å². The summed E-state index contributed by atoms with van der Waals surface area (Å²) in [5.41, 5.74) is 2.73. The quantitative estimate of drug-likeness (QED) is 0.609. The average molecular weight is 414 g/mol. The zero-order chi connectivity index (χ0) is 21.7. The molecule has 0 spiro atoms. The minimum atomic E-state index is -0.296. The van der Waals surface area contributed by atoms with E-state index in [1.807, 2.05) is 18.2 Å². The predicted octanol–water partition coefficient (Wildman–Crippen LogP) is 4.17. The van der Waals surface area contributed by atoms with Crippen molar-refractivity contribution in [3.8, 4) is 0 Å². The van der Waals surface area contributed by atoms with Gasteiger partial charge in [-0.2, -0.15) is 0 Å². The third-order valence-electron chi connectivity index (χ3n) is 5.68. The van der Waals surface area contributed by atoms with Gasteiger partial charge < -0.3 is 19.4 Å². The molecule has 1 fully saturated rings. The molecule has 5 nitrogen and oxygen atoms in total. The molecule has 0 bridgehead atoms. The molecule has 30 heavy (non-hydrogen) atoms. The fraction of sp³-hybridized carbons (Fsp3) is 0.458. The lowest BCUT2D eigenvalue weighted by Gasteiger charge is -2.23. The van der Waals surface area contributed by atoms with Crippen LogP contribution in [0.25, 0.3) is 0 Å². The second-order valence-electron chi connectivity index (χ2n) is 8.10. The topological polar surface area (TPSA) is 36.0 Å². The molecular weight excluding hydrogens is 381 g/mol. The highest BCUT2D eigenvalue weighted by Gasteiger charge is 2.26. The van der Waals surface area contributed by atoms with E-state index in [1.54, 1.807) is 25.2 Å². The molecular formula is C24H32FN3O2. The summed E-state index contributed by atoms with van der Waals surface area (Å²) < 4.78 is 20.4. The lowest BCUT2D eigenvalue weighted by Crippen LogP contribution is -2.31. The first-order chi connectivity index (χ1) is 14.4. The summed E-state index contributed by atoms with van der Waals surface area (Å²) in [4.78, 5) is 18.6. The van der Waals surface area contributed by atoms with E-state index in [0.717, 1.165) is 38.1 Å². The Bertz CT molecular complexity index is 854. The van der Waals surface area contributed by atoms with Gasteiger partial charge >= 0.3 is 0 Å². The first-order valence-corrected chi connectivity index (χ1v) is 10.6. The van der Waals surface area contributed by atoms with Crippen molar-refractivity contribution in [3.05, 3.63) is 59.4 Å². The van der Waals surface area contributed by atoms with E-state index in [4.69, 9.17) is 4.74 Å². The normalized spacial score (nSPS) is 16.3. The lowest BCUT2D eigenvalue weighted by molar-refractivity contribution is 0.0992. The fourth-order valence-electron chi connectivity index (χ4n) is 3.73. The molecule has 1 atom stereocenters. The van der Waals surface area contributed by atoms with Gasteiger partial charge in [0.2, 0.25) is 0 Å². The number of hydrogen-bond acceptors (Lipinski definition) is 4. The Kier molecular flexibility index (Phi) is 7.45. The van der Waals surface area contributed by atoms with E-state index < -0.39 is 0 Å². The van der Waals surface area contributed by atoms with Crippen molar-refractivity contribution in [3.63, 3.8) is 0 Å². The SMILES string of the molecule is CCCOCc1ccc(C(=O)N(C)c2ccc(N3CCC(N(C)C)C3)c(F)c2)cc1. The predicted molar refractivity (Wildman–Crippen MR) is 120 cm³/mol. The van der Waals surface area contributed by atoms with Crippen LogP contribution in [0, 0.1) is 5.82 Å². The molecule has 1 unspecified atom stereocenters. The van der Waals surface area contributed by atoms with Gasteiger partial charge in [-0.15, -0.1) is 0 Å². The van der Waals surface area contributed by atoms with Crippen LogP contribution in [0.15, 0.2) is 42.5 Å². The molecule has 2 aromatic carbocycles. The molecule has 0 radical (unpaired) electrons. The Labute approximate surface area is 179 Å². The Morgan fingerprint density at radius 3 is 2.50 bits per heavy atom. The Hall–Kier alpha value is -2.44. The number of hydrogen-bond donors (Lipinski definition) is 0. The van der Waals surface area contributed by atoms with Crippen molar-refractivity contribution in [2.75, 3.05) is 50.6 Å². The number of benzene rings is 2. The second-order valence-corrected chi connectivity index (χ2v) is 8.10. The standard InChI is InChI=1S/C24H32FN3O2/c1-5-14-30-17-18-6-8-19(9-7-18)24(29)27(4)20-10-11-23(22(25)15-20)28-13-12-21(16-28)26(2)3/h6-11,15,21H,5,12-14,16-17H2,1-4H3. The number of rotatable bonds is 8. The minimum Gasteiger partial charge on any atom is -0.377 e. The number of anilines is 2. The summed E-state index contributed by atoms with van der Waals surface area (Å²) in [5.74, 6) is -0.466. The monoisotopic (exact) mass is 413 g/mol. The van der Waals surface area contributed by atoms with Crippen molar-refractivity contribution in [2.45, 2.75) is 32.4 Å². The average Bonchev–Trinajstić information content (AvgIpc) is 3.23. The van der Waals surface area contributed by atoms with Crippen molar-refractivity contribution in [2.24, 2.45) is 0 Å². The van der Waals surface area contributed by atoms with Gasteiger partial charge in [0.25, 0.3) is 5.91 Å². The molecule has 1 amide bonds. The van der Waals surface area contributed by atoms with Gasteiger partial charge in [0.15, 0.2) is 0 Å². The molecule has 0 aliphatic carbocycles. The van der Waals surface area contributed by atoms with E-state index in [-0.39, 0.29) is 11.7 Å². The van der Waals surface area contributed by atoms with Crippen LogP contribution in [0.5, 0.6) is 0 Å². The van der Waals surface area contributed by atoms with Gasteiger partial charge in [-0.25, -0.2) is 4.39 Å². The van der Waals surface area contributed by atoms with Crippen LogP contribution in [0.2, 0.25) is 0 Å². The minimum absolute atomic E-state index is 0.169. The summed E-state index contributed by atoms with van der Waals surface area (Å²) in [5, 5.41) is 0. The van der Waals surface area contributed by atoms with Gasteiger partial charge in [0, 0.05) is 44.0 Å². The third kappa shape index (κ3) is 5.18. The molecule has 0 saturated carbocycles. The van der Waals surface area contributed by atoms with E-state index in [9.17, 15) is 9.18 Å². The number of ether oxygens (including phenoxy) is 1. The summed E-state index contributed by atoms with van der Waals surface area (Å²) in [6.07, 6.45) is 2.00. The van der Waals surface area contributed by atoms with Crippen LogP contribution in [-0.2, 0) is 11.3 Å². The van der Waals surface area contributed by atoms with Gasteiger partial charge in [-0.05, 0) is 62.8 Å². The number of amides is 1. The number of halogens is 1. The molecule has 3 rings (SSSR count). The maximum atomic E-state index is 14.8. The summed E-state index contributed by atoms with van der Waals surface area (Å²) >= 11 is 0.